The molecule has 0 spiro atoms. The summed E-state index contributed by atoms with van der Waals surface area (Å²) in [5.74, 6) is 2.78. The van der Waals surface area contributed by atoms with Gasteiger partial charge in [-0.1, -0.05) is 26.0 Å². The summed E-state index contributed by atoms with van der Waals surface area (Å²) in [5.41, 5.74) is 1.09. The zero-order valence-corrected chi connectivity index (χ0v) is 16.3. The molecule has 7 heteroatoms. The molecule has 2 saturated heterocycles. The van der Waals surface area contributed by atoms with E-state index in [2.05, 4.69) is 24.1 Å². The third-order valence-electron chi connectivity index (χ3n) is 5.30. The van der Waals surface area contributed by atoms with Crippen molar-refractivity contribution in [3.63, 3.8) is 0 Å². The number of ether oxygens (including phenoxy) is 1. The van der Waals surface area contributed by atoms with Crippen LogP contribution in [0.2, 0.25) is 0 Å². The molecule has 3 atom stereocenters. The Bertz CT molecular complexity index is 646. The first kappa shape index (κ1) is 19.6. The van der Waals surface area contributed by atoms with Gasteiger partial charge in [0.1, 0.15) is 0 Å². The molecule has 0 saturated carbocycles. The lowest BCUT2D eigenvalue weighted by Crippen LogP contribution is -2.49. The van der Waals surface area contributed by atoms with Crippen LogP contribution in [-0.2, 0) is 11.3 Å². The van der Waals surface area contributed by atoms with Crippen LogP contribution in [0.1, 0.15) is 32.3 Å². The van der Waals surface area contributed by atoms with E-state index >= 15 is 0 Å². The third-order valence-corrected chi connectivity index (χ3v) is 5.30. The largest absolute Gasteiger partial charge is 0.381 e. The summed E-state index contributed by atoms with van der Waals surface area (Å²) in [7, 11) is 0. The Balaban J connectivity index is 1.68. The number of nitrogens with one attached hydrogen (secondary N) is 1. The monoisotopic (exact) mass is 374 g/mol. The second kappa shape index (κ2) is 9.17. The minimum atomic E-state index is -0.375. The third kappa shape index (κ3) is 5.66. The van der Waals surface area contributed by atoms with E-state index in [0.717, 1.165) is 50.8 Å². The van der Waals surface area contributed by atoms with Crippen molar-refractivity contribution in [2.24, 2.45) is 22.7 Å². The number of guanidine groups is 1. The van der Waals surface area contributed by atoms with Crippen LogP contribution in [0.3, 0.4) is 0 Å². The number of non-ortho nitro benzene ring substituents is 1. The molecular formula is C20H30N4O3. The molecule has 2 aliphatic rings. The first-order valence-electron chi connectivity index (χ1n) is 9.85. The Morgan fingerprint density at radius 1 is 1.30 bits per heavy atom. The molecule has 27 heavy (non-hydrogen) atoms. The number of piperidine rings is 1. The summed E-state index contributed by atoms with van der Waals surface area (Å²) >= 11 is 0. The molecule has 2 heterocycles. The van der Waals surface area contributed by atoms with Crippen LogP contribution in [0.4, 0.5) is 5.69 Å². The highest BCUT2D eigenvalue weighted by atomic mass is 16.6. The van der Waals surface area contributed by atoms with Crippen LogP contribution >= 0.6 is 0 Å². The molecule has 2 fully saturated rings. The minimum Gasteiger partial charge on any atom is -0.381 e. The Kier molecular flexibility index (Phi) is 6.66. The van der Waals surface area contributed by atoms with Crippen LogP contribution in [-0.4, -0.2) is 48.6 Å². The van der Waals surface area contributed by atoms with Crippen molar-refractivity contribution in [2.45, 2.75) is 33.2 Å². The molecule has 1 aromatic carbocycles. The van der Waals surface area contributed by atoms with Crippen molar-refractivity contribution in [1.29, 1.82) is 0 Å². The Morgan fingerprint density at radius 2 is 2.00 bits per heavy atom. The Morgan fingerprint density at radius 3 is 2.59 bits per heavy atom. The van der Waals surface area contributed by atoms with Crippen molar-refractivity contribution >= 4 is 11.6 Å². The van der Waals surface area contributed by atoms with Crippen molar-refractivity contribution in [3.8, 4) is 0 Å². The number of benzene rings is 1. The van der Waals surface area contributed by atoms with E-state index in [1.54, 1.807) is 24.3 Å². The van der Waals surface area contributed by atoms with E-state index in [4.69, 9.17) is 9.73 Å². The Hall–Kier alpha value is -2.15. The minimum absolute atomic E-state index is 0.112. The van der Waals surface area contributed by atoms with Crippen molar-refractivity contribution < 1.29 is 9.66 Å². The molecule has 148 valence electrons. The van der Waals surface area contributed by atoms with Gasteiger partial charge < -0.3 is 15.0 Å². The molecule has 0 aromatic heterocycles. The zero-order chi connectivity index (χ0) is 19.2. The number of likely N-dealkylation sites (tertiary alicyclic amines) is 1. The first-order chi connectivity index (χ1) is 13.0. The van der Waals surface area contributed by atoms with E-state index in [-0.39, 0.29) is 10.6 Å². The molecule has 0 amide bonds. The fraction of sp³-hybridized carbons (Fsp3) is 0.650. The molecule has 0 bridgehead atoms. The Labute approximate surface area is 161 Å². The van der Waals surface area contributed by atoms with Crippen molar-refractivity contribution in [3.05, 3.63) is 39.9 Å². The summed E-state index contributed by atoms with van der Waals surface area (Å²) in [6.45, 7) is 9.66. The van der Waals surface area contributed by atoms with Gasteiger partial charge in [0.15, 0.2) is 5.96 Å². The van der Waals surface area contributed by atoms with Crippen LogP contribution in [0, 0.1) is 27.9 Å². The van der Waals surface area contributed by atoms with Gasteiger partial charge in [-0.3, -0.25) is 10.1 Å². The number of rotatable bonds is 5. The second-order valence-electron chi connectivity index (χ2n) is 8.02. The molecule has 1 N–H and O–H groups in total. The SMILES string of the molecule is CC1CC(C)CN(C(=NCc2ccc([N+](=O)[O-])cc2)NCC2CCOC2)C1. The van der Waals surface area contributed by atoms with Gasteiger partial charge in [-0.05, 0) is 30.2 Å². The van der Waals surface area contributed by atoms with E-state index in [0.29, 0.717) is 24.3 Å². The highest BCUT2D eigenvalue weighted by Gasteiger charge is 2.25. The maximum absolute atomic E-state index is 10.8. The van der Waals surface area contributed by atoms with E-state index in [1.165, 1.54) is 6.42 Å². The molecule has 3 unspecified atom stereocenters. The van der Waals surface area contributed by atoms with Gasteiger partial charge in [0.25, 0.3) is 5.69 Å². The number of hydrogen-bond acceptors (Lipinski definition) is 4. The fourth-order valence-electron chi connectivity index (χ4n) is 3.97. The van der Waals surface area contributed by atoms with Gasteiger partial charge in [0.2, 0.25) is 0 Å². The predicted octanol–water partition coefficient (Wildman–Crippen LogP) is 3.05. The summed E-state index contributed by atoms with van der Waals surface area (Å²) in [6.07, 6.45) is 2.35. The quantitative estimate of drug-likeness (QED) is 0.371. The summed E-state index contributed by atoms with van der Waals surface area (Å²) in [6, 6.07) is 6.65. The molecule has 2 aliphatic heterocycles. The summed E-state index contributed by atoms with van der Waals surface area (Å²) < 4.78 is 5.48. The van der Waals surface area contributed by atoms with Gasteiger partial charge in [-0.2, -0.15) is 0 Å². The summed E-state index contributed by atoms with van der Waals surface area (Å²) in [5, 5.41) is 14.4. The normalized spacial score (nSPS) is 26.2. The van der Waals surface area contributed by atoms with Gasteiger partial charge in [-0.15, -0.1) is 0 Å². The lowest BCUT2D eigenvalue weighted by atomic mass is 9.92. The second-order valence-corrected chi connectivity index (χ2v) is 8.02. The number of nitrogens with zero attached hydrogens (tertiary/aromatic N) is 3. The maximum Gasteiger partial charge on any atom is 0.269 e. The lowest BCUT2D eigenvalue weighted by molar-refractivity contribution is -0.384. The first-order valence-corrected chi connectivity index (χ1v) is 9.85. The van der Waals surface area contributed by atoms with Crippen LogP contribution in [0.5, 0.6) is 0 Å². The molecule has 0 aliphatic carbocycles. The molecule has 1 aromatic rings. The van der Waals surface area contributed by atoms with Crippen LogP contribution in [0.15, 0.2) is 29.3 Å². The lowest BCUT2D eigenvalue weighted by Gasteiger charge is -2.37. The van der Waals surface area contributed by atoms with Gasteiger partial charge in [-0.25, -0.2) is 4.99 Å². The van der Waals surface area contributed by atoms with Crippen molar-refractivity contribution in [2.75, 3.05) is 32.8 Å². The number of nitro benzene ring substituents is 1. The van der Waals surface area contributed by atoms with E-state index in [9.17, 15) is 10.1 Å². The molecule has 0 radical (unpaired) electrons. The van der Waals surface area contributed by atoms with E-state index < -0.39 is 0 Å². The van der Waals surface area contributed by atoms with Gasteiger partial charge >= 0.3 is 0 Å². The smallest absolute Gasteiger partial charge is 0.269 e. The molecular weight excluding hydrogens is 344 g/mol. The average Bonchev–Trinajstić information content (AvgIpc) is 3.15. The van der Waals surface area contributed by atoms with Gasteiger partial charge in [0, 0.05) is 44.3 Å². The fourth-order valence-corrected chi connectivity index (χ4v) is 3.97. The van der Waals surface area contributed by atoms with Crippen LogP contribution in [0.25, 0.3) is 0 Å². The number of nitro groups is 1. The maximum atomic E-state index is 10.8. The topological polar surface area (TPSA) is 80.0 Å². The molecule has 7 nitrogen and oxygen atoms in total. The number of hydrogen-bond donors (Lipinski definition) is 1. The highest BCUT2D eigenvalue weighted by molar-refractivity contribution is 5.80. The van der Waals surface area contributed by atoms with E-state index in [1.807, 2.05) is 0 Å². The van der Waals surface area contributed by atoms with Crippen LogP contribution < -0.4 is 5.32 Å². The average molecular weight is 374 g/mol. The van der Waals surface area contributed by atoms with Gasteiger partial charge in [0.05, 0.1) is 18.1 Å². The number of aliphatic imine (C=N–C) groups is 1. The summed E-state index contributed by atoms with van der Waals surface area (Å²) in [4.78, 5) is 17.6. The standard InChI is InChI=1S/C20H30N4O3/c1-15-9-16(2)13-23(12-15)20(22-11-18-7-8-27-14-18)21-10-17-3-5-19(6-4-17)24(25)26/h3-6,15-16,18H,7-14H2,1-2H3,(H,21,22). The predicted molar refractivity (Wildman–Crippen MR) is 106 cm³/mol. The highest BCUT2D eigenvalue weighted by Crippen LogP contribution is 2.21. The molecule has 3 rings (SSSR count). The zero-order valence-electron chi connectivity index (χ0n) is 16.3. The van der Waals surface area contributed by atoms with Crippen molar-refractivity contribution in [1.82, 2.24) is 10.2 Å².